The molecule has 0 aliphatic heterocycles. The number of halogens is 3. The number of allylic oxidation sites excluding steroid dienone is 1. The monoisotopic (exact) mass is 332 g/mol. The molecule has 0 heterocycles. The third-order valence-corrected chi connectivity index (χ3v) is 4.41. The first-order valence-electron chi connectivity index (χ1n) is 8.05. The molecule has 4 heteroatoms. The van der Waals surface area contributed by atoms with Crippen molar-refractivity contribution in [2.45, 2.75) is 38.5 Å². The molecule has 0 aromatic heterocycles. The molecule has 1 nitrogen and oxygen atoms in total. The number of hydrogen-bond acceptors (Lipinski definition) is 1. The van der Waals surface area contributed by atoms with Crippen LogP contribution in [0.1, 0.15) is 41.5 Å². The summed E-state index contributed by atoms with van der Waals surface area (Å²) < 4.78 is 41.0. The van der Waals surface area contributed by atoms with Crippen LogP contribution < -0.4 is 4.74 Å². The van der Waals surface area contributed by atoms with Gasteiger partial charge in [-0.1, -0.05) is 42.5 Å². The molecule has 0 spiro atoms. The molecular weight excluding hydrogens is 313 g/mol. The number of fused-ring (bicyclic) bond motifs is 1. The molecule has 2 aromatic rings. The van der Waals surface area contributed by atoms with Crippen LogP contribution in [-0.4, -0.2) is 6.36 Å². The van der Waals surface area contributed by atoms with Gasteiger partial charge < -0.3 is 4.74 Å². The SMILES string of the molecule is C/C=C/c1ccc(C2CCc3cc(OC(F)(F)F)ccc3C2)cc1. The Morgan fingerprint density at radius 3 is 2.46 bits per heavy atom. The van der Waals surface area contributed by atoms with Gasteiger partial charge in [-0.3, -0.25) is 0 Å². The Bertz CT molecular complexity index is 730. The van der Waals surface area contributed by atoms with Gasteiger partial charge in [-0.15, -0.1) is 13.2 Å². The summed E-state index contributed by atoms with van der Waals surface area (Å²) in [5.74, 6) is 0.280. The van der Waals surface area contributed by atoms with Crippen LogP contribution >= 0.6 is 0 Å². The summed E-state index contributed by atoms with van der Waals surface area (Å²) in [5, 5.41) is 0. The van der Waals surface area contributed by atoms with Crippen LogP contribution in [0.2, 0.25) is 0 Å². The Morgan fingerprint density at radius 2 is 1.79 bits per heavy atom. The minimum Gasteiger partial charge on any atom is -0.406 e. The lowest BCUT2D eigenvalue weighted by Crippen LogP contribution is -2.18. The van der Waals surface area contributed by atoms with Crippen LogP contribution in [0, 0.1) is 0 Å². The zero-order valence-electron chi connectivity index (χ0n) is 13.4. The highest BCUT2D eigenvalue weighted by Crippen LogP contribution is 2.35. The van der Waals surface area contributed by atoms with Crippen LogP contribution in [0.3, 0.4) is 0 Å². The van der Waals surface area contributed by atoms with Gasteiger partial charge in [0, 0.05) is 0 Å². The van der Waals surface area contributed by atoms with Crippen LogP contribution in [0.25, 0.3) is 6.08 Å². The van der Waals surface area contributed by atoms with Crippen LogP contribution in [0.5, 0.6) is 5.75 Å². The maximum atomic E-state index is 12.3. The van der Waals surface area contributed by atoms with Crippen LogP contribution in [-0.2, 0) is 12.8 Å². The third-order valence-electron chi connectivity index (χ3n) is 4.41. The van der Waals surface area contributed by atoms with Gasteiger partial charge in [-0.25, -0.2) is 0 Å². The van der Waals surface area contributed by atoms with Gasteiger partial charge in [0.05, 0.1) is 0 Å². The van der Waals surface area contributed by atoms with Gasteiger partial charge in [0.15, 0.2) is 0 Å². The van der Waals surface area contributed by atoms with E-state index in [1.54, 1.807) is 6.07 Å². The molecule has 126 valence electrons. The van der Waals surface area contributed by atoms with Crippen LogP contribution in [0.4, 0.5) is 13.2 Å². The molecule has 0 bridgehead atoms. The standard InChI is InChI=1S/C20H19F3O/c1-2-3-14-4-6-15(7-5-14)16-8-9-18-13-19(24-20(21,22)23)11-10-17(18)12-16/h2-7,10-11,13,16H,8-9,12H2,1H3/b3-2+. The summed E-state index contributed by atoms with van der Waals surface area (Å²) in [4.78, 5) is 0. The summed E-state index contributed by atoms with van der Waals surface area (Å²) in [7, 11) is 0. The summed E-state index contributed by atoms with van der Waals surface area (Å²) in [6.45, 7) is 1.99. The maximum absolute atomic E-state index is 12.3. The smallest absolute Gasteiger partial charge is 0.406 e. The maximum Gasteiger partial charge on any atom is 0.573 e. The number of benzene rings is 2. The zero-order valence-corrected chi connectivity index (χ0v) is 13.4. The van der Waals surface area contributed by atoms with Crippen molar-refractivity contribution < 1.29 is 17.9 Å². The van der Waals surface area contributed by atoms with Crippen molar-refractivity contribution in [3.63, 3.8) is 0 Å². The lowest BCUT2D eigenvalue weighted by molar-refractivity contribution is -0.274. The van der Waals surface area contributed by atoms with Crippen molar-refractivity contribution in [3.8, 4) is 5.75 Å². The molecule has 1 atom stereocenters. The van der Waals surface area contributed by atoms with E-state index in [-0.39, 0.29) is 5.75 Å². The first kappa shape index (κ1) is 16.6. The van der Waals surface area contributed by atoms with E-state index < -0.39 is 6.36 Å². The Balaban J connectivity index is 1.74. The van der Waals surface area contributed by atoms with Crippen LogP contribution in [0.15, 0.2) is 48.5 Å². The van der Waals surface area contributed by atoms with E-state index in [0.29, 0.717) is 5.92 Å². The van der Waals surface area contributed by atoms with Crippen molar-refractivity contribution in [3.05, 3.63) is 70.8 Å². The second-order valence-corrected chi connectivity index (χ2v) is 6.08. The highest BCUT2D eigenvalue weighted by atomic mass is 19.4. The van der Waals surface area contributed by atoms with Crippen molar-refractivity contribution in [1.29, 1.82) is 0 Å². The molecule has 2 aromatic carbocycles. The zero-order chi connectivity index (χ0) is 17.2. The Hall–Kier alpha value is -2.23. The lowest BCUT2D eigenvalue weighted by atomic mass is 9.80. The number of hydrogen-bond donors (Lipinski definition) is 0. The fourth-order valence-electron chi connectivity index (χ4n) is 3.28. The lowest BCUT2D eigenvalue weighted by Gasteiger charge is -2.25. The molecule has 0 amide bonds. The average Bonchev–Trinajstić information content (AvgIpc) is 2.54. The molecule has 0 saturated heterocycles. The normalized spacial score (nSPS) is 17.8. The highest BCUT2D eigenvalue weighted by molar-refractivity contribution is 5.50. The molecule has 24 heavy (non-hydrogen) atoms. The fraction of sp³-hybridized carbons (Fsp3) is 0.300. The molecule has 1 aliphatic carbocycles. The minimum absolute atomic E-state index is 0.129. The second kappa shape index (κ2) is 6.71. The quantitative estimate of drug-likeness (QED) is 0.681. The molecule has 0 fully saturated rings. The third kappa shape index (κ3) is 3.99. The topological polar surface area (TPSA) is 9.23 Å². The molecule has 1 aliphatic rings. The summed E-state index contributed by atoms with van der Waals surface area (Å²) in [6.07, 6.45) is 1.98. The molecule has 3 rings (SSSR count). The van der Waals surface area contributed by atoms with Gasteiger partial charge in [-0.05, 0) is 66.5 Å². The Kier molecular flexibility index (Phi) is 4.65. The van der Waals surface area contributed by atoms with Gasteiger partial charge >= 0.3 is 6.36 Å². The van der Waals surface area contributed by atoms with Gasteiger partial charge in [-0.2, -0.15) is 0 Å². The van der Waals surface area contributed by atoms with Gasteiger partial charge in [0.2, 0.25) is 0 Å². The van der Waals surface area contributed by atoms with E-state index in [1.807, 2.05) is 13.0 Å². The van der Waals surface area contributed by atoms with Crippen molar-refractivity contribution in [2.75, 3.05) is 0 Å². The summed E-state index contributed by atoms with van der Waals surface area (Å²) in [6, 6.07) is 13.2. The molecule has 1 unspecified atom stereocenters. The number of aryl methyl sites for hydroxylation is 1. The first-order valence-corrected chi connectivity index (χ1v) is 8.05. The number of ether oxygens (including phenoxy) is 1. The molecular formula is C20H19F3O. The van der Waals surface area contributed by atoms with E-state index in [1.165, 1.54) is 23.3 Å². The number of rotatable bonds is 3. The fourth-order valence-corrected chi connectivity index (χ4v) is 3.28. The second-order valence-electron chi connectivity index (χ2n) is 6.08. The summed E-state index contributed by atoms with van der Waals surface area (Å²) in [5.41, 5.74) is 4.52. The minimum atomic E-state index is -4.64. The van der Waals surface area contributed by atoms with E-state index in [4.69, 9.17) is 0 Å². The molecule has 0 N–H and O–H groups in total. The van der Waals surface area contributed by atoms with Crippen molar-refractivity contribution >= 4 is 6.08 Å². The molecule has 0 saturated carbocycles. The Morgan fingerprint density at radius 1 is 1.04 bits per heavy atom. The Labute approximate surface area is 139 Å². The van der Waals surface area contributed by atoms with E-state index in [2.05, 4.69) is 35.1 Å². The van der Waals surface area contributed by atoms with Crippen molar-refractivity contribution in [1.82, 2.24) is 0 Å². The predicted octanol–water partition coefficient (Wildman–Crippen LogP) is 5.89. The molecule has 0 radical (unpaired) electrons. The summed E-state index contributed by atoms with van der Waals surface area (Å²) >= 11 is 0. The van der Waals surface area contributed by atoms with E-state index in [0.717, 1.165) is 30.4 Å². The highest BCUT2D eigenvalue weighted by Gasteiger charge is 2.31. The number of alkyl halides is 3. The first-order chi connectivity index (χ1) is 11.4. The predicted molar refractivity (Wildman–Crippen MR) is 89.0 cm³/mol. The van der Waals surface area contributed by atoms with Gasteiger partial charge in [0.1, 0.15) is 5.75 Å². The average molecular weight is 332 g/mol. The van der Waals surface area contributed by atoms with Gasteiger partial charge in [0.25, 0.3) is 0 Å². The van der Waals surface area contributed by atoms with E-state index in [9.17, 15) is 13.2 Å². The van der Waals surface area contributed by atoms with E-state index >= 15 is 0 Å². The largest absolute Gasteiger partial charge is 0.573 e. The van der Waals surface area contributed by atoms with Crippen molar-refractivity contribution in [2.24, 2.45) is 0 Å².